The Morgan fingerprint density at radius 3 is 2.76 bits per heavy atom. The molecule has 0 saturated heterocycles. The Morgan fingerprint density at radius 2 is 2.19 bits per heavy atom. The summed E-state index contributed by atoms with van der Waals surface area (Å²) in [6.07, 6.45) is 0.221. The number of fused-ring (bicyclic) bond motifs is 1. The number of amides is 1. The second kappa shape index (κ2) is 5.74. The van der Waals surface area contributed by atoms with Gasteiger partial charge < -0.3 is 10.4 Å². The summed E-state index contributed by atoms with van der Waals surface area (Å²) in [5, 5.41) is 11.6. The number of rotatable bonds is 5. The molecule has 0 bridgehead atoms. The lowest BCUT2D eigenvalue weighted by atomic mass is 10.2. The fourth-order valence-electron chi connectivity index (χ4n) is 1.99. The summed E-state index contributed by atoms with van der Waals surface area (Å²) in [7, 11) is -4.00. The number of hydrogen-bond acceptors (Lipinski definition) is 4. The van der Waals surface area contributed by atoms with Gasteiger partial charge in [0.2, 0.25) is 15.9 Å². The highest BCUT2D eigenvalue weighted by atomic mass is 79.9. The van der Waals surface area contributed by atoms with Gasteiger partial charge in [0.05, 0.1) is 11.3 Å². The highest BCUT2D eigenvalue weighted by Gasteiger charge is 2.28. The zero-order chi connectivity index (χ0) is 15.8. The Labute approximate surface area is 129 Å². The average Bonchev–Trinajstić information content (AvgIpc) is 2.73. The maximum atomic E-state index is 12.3. The first-order chi connectivity index (χ1) is 9.74. The van der Waals surface area contributed by atoms with Crippen molar-refractivity contribution < 1.29 is 23.1 Å². The Bertz CT molecular complexity index is 717. The molecule has 1 aliphatic rings. The maximum Gasteiger partial charge on any atom is 0.321 e. The van der Waals surface area contributed by atoms with Crippen molar-refractivity contribution in [1.82, 2.24) is 4.72 Å². The largest absolute Gasteiger partial charge is 0.480 e. The maximum absolute atomic E-state index is 12.3. The number of hydrogen-bond donors (Lipinski definition) is 3. The van der Waals surface area contributed by atoms with Crippen LogP contribution in [0.15, 0.2) is 21.5 Å². The molecule has 1 heterocycles. The van der Waals surface area contributed by atoms with E-state index in [1.54, 1.807) is 6.92 Å². The number of anilines is 1. The van der Waals surface area contributed by atoms with Gasteiger partial charge in [0.15, 0.2) is 0 Å². The third-order valence-electron chi connectivity index (χ3n) is 3.08. The molecule has 0 radical (unpaired) electrons. The van der Waals surface area contributed by atoms with E-state index in [1.165, 1.54) is 12.1 Å². The molecule has 1 atom stereocenters. The summed E-state index contributed by atoms with van der Waals surface area (Å²) < 4.78 is 27.0. The molecule has 0 saturated carbocycles. The molecule has 1 aliphatic heterocycles. The molecule has 9 heteroatoms. The van der Waals surface area contributed by atoms with Crippen molar-refractivity contribution in [3.8, 4) is 0 Å². The zero-order valence-electron chi connectivity index (χ0n) is 11.0. The average molecular weight is 377 g/mol. The van der Waals surface area contributed by atoms with Crippen LogP contribution in [-0.2, 0) is 26.0 Å². The van der Waals surface area contributed by atoms with E-state index in [4.69, 9.17) is 5.11 Å². The molecule has 0 unspecified atom stereocenters. The van der Waals surface area contributed by atoms with Crippen molar-refractivity contribution in [2.45, 2.75) is 30.7 Å². The van der Waals surface area contributed by atoms with Gasteiger partial charge in [-0.05, 0) is 40.0 Å². The zero-order valence-corrected chi connectivity index (χ0v) is 13.4. The van der Waals surface area contributed by atoms with Crippen LogP contribution < -0.4 is 10.0 Å². The molecule has 1 amide bonds. The molecule has 3 N–H and O–H groups in total. The van der Waals surface area contributed by atoms with E-state index in [9.17, 15) is 18.0 Å². The Kier molecular flexibility index (Phi) is 4.35. The molecular weight excluding hydrogens is 364 g/mol. The van der Waals surface area contributed by atoms with Gasteiger partial charge in [-0.3, -0.25) is 9.59 Å². The van der Waals surface area contributed by atoms with Gasteiger partial charge >= 0.3 is 5.97 Å². The Morgan fingerprint density at radius 1 is 1.52 bits per heavy atom. The SMILES string of the molecule is CC[C@H](NS(=O)(=O)c1cc2c(cc1Br)NC(=O)C2)C(=O)O. The van der Waals surface area contributed by atoms with Gasteiger partial charge in [0.1, 0.15) is 6.04 Å². The second-order valence-electron chi connectivity index (χ2n) is 4.59. The van der Waals surface area contributed by atoms with Crippen LogP contribution >= 0.6 is 15.9 Å². The van der Waals surface area contributed by atoms with E-state index in [1.807, 2.05) is 0 Å². The van der Waals surface area contributed by atoms with Crippen LogP contribution in [0.25, 0.3) is 0 Å². The van der Waals surface area contributed by atoms with Crippen LogP contribution in [-0.4, -0.2) is 31.4 Å². The number of carboxylic acid groups (broad SMARTS) is 1. The molecule has 0 aliphatic carbocycles. The molecule has 1 aromatic rings. The Hall–Kier alpha value is -1.45. The molecule has 1 aromatic carbocycles. The molecule has 21 heavy (non-hydrogen) atoms. The number of carboxylic acids is 1. The van der Waals surface area contributed by atoms with Crippen LogP contribution in [0.2, 0.25) is 0 Å². The summed E-state index contributed by atoms with van der Waals surface area (Å²) in [6.45, 7) is 1.57. The number of aliphatic carboxylic acids is 1. The highest BCUT2D eigenvalue weighted by Crippen LogP contribution is 2.32. The van der Waals surface area contributed by atoms with E-state index >= 15 is 0 Å². The first kappa shape index (κ1) is 15.9. The van der Waals surface area contributed by atoms with Crippen molar-refractivity contribution in [2.75, 3.05) is 5.32 Å². The number of halogens is 1. The summed E-state index contributed by atoms with van der Waals surface area (Å²) in [5.74, 6) is -1.45. The van der Waals surface area contributed by atoms with Crippen molar-refractivity contribution in [3.05, 3.63) is 22.2 Å². The first-order valence-corrected chi connectivity index (χ1v) is 8.39. The molecular formula is C12H13BrN2O5S. The standard InChI is InChI=1S/C12H13BrN2O5S/c1-2-8(12(17)18)15-21(19,20)10-3-6-4-11(16)14-9(6)5-7(10)13/h3,5,8,15H,2,4H2,1H3,(H,14,16)(H,17,18)/t8-/m0/s1. The van der Waals surface area contributed by atoms with Gasteiger partial charge in [0.25, 0.3) is 0 Å². The lowest BCUT2D eigenvalue weighted by Gasteiger charge is -2.14. The lowest BCUT2D eigenvalue weighted by Crippen LogP contribution is -2.40. The molecule has 2 rings (SSSR count). The van der Waals surface area contributed by atoms with E-state index in [2.05, 4.69) is 26.0 Å². The molecule has 0 spiro atoms. The topological polar surface area (TPSA) is 113 Å². The van der Waals surface area contributed by atoms with Gasteiger partial charge in [-0.1, -0.05) is 6.92 Å². The third-order valence-corrected chi connectivity index (χ3v) is 5.51. The van der Waals surface area contributed by atoms with Crippen molar-refractivity contribution in [2.24, 2.45) is 0 Å². The van der Waals surface area contributed by atoms with Crippen molar-refractivity contribution in [3.63, 3.8) is 0 Å². The van der Waals surface area contributed by atoms with Crippen molar-refractivity contribution in [1.29, 1.82) is 0 Å². The fraction of sp³-hybridized carbons (Fsp3) is 0.333. The summed E-state index contributed by atoms with van der Waals surface area (Å²) in [4.78, 5) is 22.2. The second-order valence-corrected chi connectivity index (χ2v) is 7.12. The normalized spacial score (nSPS) is 15.4. The van der Waals surface area contributed by atoms with E-state index in [0.29, 0.717) is 11.3 Å². The van der Waals surface area contributed by atoms with Gasteiger partial charge in [-0.25, -0.2) is 8.42 Å². The minimum Gasteiger partial charge on any atom is -0.480 e. The predicted octanol–water partition coefficient (Wildman–Crippen LogP) is 1.09. The number of sulfonamides is 1. The number of benzene rings is 1. The van der Waals surface area contributed by atoms with Gasteiger partial charge in [0, 0.05) is 10.2 Å². The molecule has 114 valence electrons. The summed E-state index contributed by atoms with van der Waals surface area (Å²) in [5.41, 5.74) is 1.11. The third kappa shape index (κ3) is 3.25. The van der Waals surface area contributed by atoms with Crippen LogP contribution in [0, 0.1) is 0 Å². The van der Waals surface area contributed by atoms with Gasteiger partial charge in [-0.2, -0.15) is 4.72 Å². The summed E-state index contributed by atoms with van der Waals surface area (Å²) >= 11 is 3.14. The van der Waals surface area contributed by atoms with Crippen LogP contribution in [0.1, 0.15) is 18.9 Å². The summed E-state index contributed by atoms with van der Waals surface area (Å²) in [6, 6.07) is 1.67. The minimum atomic E-state index is -4.00. The monoisotopic (exact) mass is 376 g/mol. The number of nitrogens with one attached hydrogen (secondary N) is 2. The van der Waals surface area contributed by atoms with Crippen LogP contribution in [0.4, 0.5) is 5.69 Å². The molecule has 7 nitrogen and oxygen atoms in total. The first-order valence-electron chi connectivity index (χ1n) is 6.12. The minimum absolute atomic E-state index is 0.0857. The van der Waals surface area contributed by atoms with Gasteiger partial charge in [-0.15, -0.1) is 0 Å². The quantitative estimate of drug-likeness (QED) is 0.711. The number of carbonyl (C=O) groups excluding carboxylic acids is 1. The van der Waals surface area contributed by atoms with Crippen LogP contribution in [0.3, 0.4) is 0 Å². The smallest absolute Gasteiger partial charge is 0.321 e. The highest BCUT2D eigenvalue weighted by molar-refractivity contribution is 9.10. The predicted molar refractivity (Wildman–Crippen MR) is 78.5 cm³/mol. The molecule has 0 fully saturated rings. The van der Waals surface area contributed by atoms with E-state index in [-0.39, 0.29) is 28.1 Å². The van der Waals surface area contributed by atoms with Crippen LogP contribution in [0.5, 0.6) is 0 Å². The van der Waals surface area contributed by atoms with Crippen molar-refractivity contribution >= 4 is 43.5 Å². The van der Waals surface area contributed by atoms with E-state index in [0.717, 1.165) is 0 Å². The lowest BCUT2D eigenvalue weighted by molar-refractivity contribution is -0.139. The molecule has 0 aromatic heterocycles. The Balaban J connectivity index is 2.39. The number of carbonyl (C=O) groups is 2. The fourth-order valence-corrected chi connectivity index (χ4v) is 4.36. The van der Waals surface area contributed by atoms with E-state index < -0.39 is 22.0 Å².